The zero-order valence-corrected chi connectivity index (χ0v) is 17.1. The average molecular weight is 371 g/mol. The summed E-state index contributed by atoms with van der Waals surface area (Å²) in [5.41, 5.74) is 10.4. The van der Waals surface area contributed by atoms with Gasteiger partial charge in [0, 0.05) is 60.7 Å². The first-order valence-corrected chi connectivity index (χ1v) is 9.99. The highest BCUT2D eigenvalue weighted by Gasteiger charge is 2.22. The van der Waals surface area contributed by atoms with Crippen LogP contribution in [0.2, 0.25) is 0 Å². The zero-order valence-electron chi connectivity index (χ0n) is 17.1. The van der Waals surface area contributed by atoms with Gasteiger partial charge in [-0.25, -0.2) is 0 Å². The van der Waals surface area contributed by atoms with E-state index in [1.54, 1.807) is 0 Å². The van der Waals surface area contributed by atoms with Crippen molar-refractivity contribution in [3.63, 3.8) is 0 Å². The standard InChI is InChI=1S/C24H26N4/c1-15-11-27(12-16(15)2)21-7-9-25-23-19(21)5-6-20-22(8-10-26-24(20)23)28-13-17(3)18(4)14-28/h5-10H,11-14H2,1-4H3. The topological polar surface area (TPSA) is 32.3 Å². The summed E-state index contributed by atoms with van der Waals surface area (Å²) in [6, 6.07) is 8.75. The van der Waals surface area contributed by atoms with Crippen LogP contribution in [0.3, 0.4) is 0 Å². The van der Waals surface area contributed by atoms with Gasteiger partial charge in [0.2, 0.25) is 0 Å². The fraction of sp³-hybridized carbons (Fsp3) is 0.333. The minimum atomic E-state index is 0.994. The quantitative estimate of drug-likeness (QED) is 0.464. The molecule has 142 valence electrons. The highest BCUT2D eigenvalue weighted by molar-refractivity contribution is 6.10. The minimum Gasteiger partial charge on any atom is -0.363 e. The molecule has 2 aromatic heterocycles. The van der Waals surface area contributed by atoms with Crippen LogP contribution in [0, 0.1) is 0 Å². The molecule has 0 saturated carbocycles. The smallest absolute Gasteiger partial charge is 0.0986 e. The highest BCUT2D eigenvalue weighted by Crippen LogP contribution is 2.36. The number of aromatic nitrogens is 2. The van der Waals surface area contributed by atoms with Gasteiger partial charge in [0.15, 0.2) is 0 Å². The molecule has 3 aromatic rings. The van der Waals surface area contributed by atoms with Crippen LogP contribution in [0.4, 0.5) is 11.4 Å². The van der Waals surface area contributed by atoms with Crippen molar-refractivity contribution in [1.82, 2.24) is 9.97 Å². The Labute approximate surface area is 166 Å². The fourth-order valence-electron chi connectivity index (χ4n) is 4.49. The molecule has 0 N–H and O–H groups in total. The first-order chi connectivity index (χ1) is 13.5. The molecule has 0 aliphatic carbocycles. The summed E-state index contributed by atoms with van der Waals surface area (Å²) >= 11 is 0. The van der Waals surface area contributed by atoms with E-state index in [1.165, 1.54) is 44.4 Å². The molecular weight excluding hydrogens is 344 g/mol. The van der Waals surface area contributed by atoms with Crippen LogP contribution < -0.4 is 9.80 Å². The van der Waals surface area contributed by atoms with Crippen LogP contribution in [0.1, 0.15) is 27.7 Å². The summed E-state index contributed by atoms with van der Waals surface area (Å²) in [6.07, 6.45) is 3.86. The molecule has 2 aliphatic rings. The van der Waals surface area contributed by atoms with Crippen molar-refractivity contribution in [3.8, 4) is 0 Å². The van der Waals surface area contributed by atoms with Crippen molar-refractivity contribution >= 4 is 33.2 Å². The number of hydrogen-bond donors (Lipinski definition) is 0. The maximum absolute atomic E-state index is 4.75. The Balaban J connectivity index is 1.64. The van der Waals surface area contributed by atoms with E-state index in [0.717, 1.165) is 37.2 Å². The van der Waals surface area contributed by atoms with E-state index in [-0.39, 0.29) is 0 Å². The molecule has 4 nitrogen and oxygen atoms in total. The third-order valence-corrected chi connectivity index (χ3v) is 6.43. The van der Waals surface area contributed by atoms with E-state index in [2.05, 4.69) is 61.8 Å². The van der Waals surface area contributed by atoms with Crippen molar-refractivity contribution < 1.29 is 0 Å². The summed E-state index contributed by atoms with van der Waals surface area (Å²) in [5, 5.41) is 2.38. The average Bonchev–Trinajstić information content (AvgIpc) is 3.21. The van der Waals surface area contributed by atoms with E-state index in [9.17, 15) is 0 Å². The van der Waals surface area contributed by atoms with Crippen molar-refractivity contribution in [1.29, 1.82) is 0 Å². The molecule has 0 atom stereocenters. The van der Waals surface area contributed by atoms with E-state index in [0.29, 0.717) is 0 Å². The lowest BCUT2D eigenvalue weighted by Gasteiger charge is -2.23. The van der Waals surface area contributed by atoms with Gasteiger partial charge >= 0.3 is 0 Å². The number of rotatable bonds is 2. The van der Waals surface area contributed by atoms with E-state index in [4.69, 9.17) is 9.97 Å². The van der Waals surface area contributed by atoms with Gasteiger partial charge in [-0.1, -0.05) is 22.3 Å². The molecule has 4 heterocycles. The van der Waals surface area contributed by atoms with Crippen LogP contribution >= 0.6 is 0 Å². The van der Waals surface area contributed by atoms with Crippen molar-refractivity contribution in [2.45, 2.75) is 27.7 Å². The van der Waals surface area contributed by atoms with Gasteiger partial charge in [0.05, 0.1) is 11.0 Å². The Morgan fingerprint density at radius 3 is 1.29 bits per heavy atom. The summed E-state index contributed by atoms with van der Waals surface area (Å²) in [7, 11) is 0. The SMILES string of the molecule is CC1=C(C)CN(c2ccnc3c2ccc2c(N4CC(C)=C(C)C4)ccnc23)C1. The van der Waals surface area contributed by atoms with Gasteiger partial charge in [0.25, 0.3) is 0 Å². The molecule has 0 amide bonds. The Bertz CT molecular complexity index is 1050. The molecule has 1 aromatic carbocycles. The number of fused-ring (bicyclic) bond motifs is 3. The minimum absolute atomic E-state index is 0.994. The largest absolute Gasteiger partial charge is 0.363 e. The Hall–Kier alpha value is -2.88. The van der Waals surface area contributed by atoms with Gasteiger partial charge in [0.1, 0.15) is 0 Å². The summed E-state index contributed by atoms with van der Waals surface area (Å²) in [4.78, 5) is 14.4. The lowest BCUT2D eigenvalue weighted by Crippen LogP contribution is -2.21. The first-order valence-electron chi connectivity index (χ1n) is 9.99. The fourth-order valence-corrected chi connectivity index (χ4v) is 4.49. The lowest BCUT2D eigenvalue weighted by atomic mass is 10.1. The number of nitrogens with zero attached hydrogens (tertiary/aromatic N) is 4. The Morgan fingerprint density at radius 1 is 0.571 bits per heavy atom. The van der Waals surface area contributed by atoms with Crippen molar-refractivity contribution in [2.75, 3.05) is 36.0 Å². The Kier molecular flexibility index (Phi) is 3.90. The van der Waals surface area contributed by atoms with Gasteiger partial charge in [-0.2, -0.15) is 0 Å². The number of pyridine rings is 2. The summed E-state index contributed by atoms with van der Waals surface area (Å²) in [6.45, 7) is 12.9. The molecule has 4 heteroatoms. The van der Waals surface area contributed by atoms with Crippen LogP contribution in [0.5, 0.6) is 0 Å². The van der Waals surface area contributed by atoms with Gasteiger partial charge < -0.3 is 9.80 Å². The second-order valence-corrected chi connectivity index (χ2v) is 8.35. The van der Waals surface area contributed by atoms with Crippen LogP contribution in [-0.4, -0.2) is 36.1 Å². The third kappa shape index (κ3) is 2.59. The zero-order chi connectivity index (χ0) is 19.4. The summed E-state index contributed by atoms with van der Waals surface area (Å²) in [5.74, 6) is 0. The number of anilines is 2. The van der Waals surface area contributed by atoms with Crippen molar-refractivity contribution in [3.05, 3.63) is 59.0 Å². The molecule has 28 heavy (non-hydrogen) atoms. The highest BCUT2D eigenvalue weighted by atomic mass is 15.2. The molecular formula is C24H26N4. The van der Waals surface area contributed by atoms with E-state index < -0.39 is 0 Å². The van der Waals surface area contributed by atoms with Crippen LogP contribution in [0.25, 0.3) is 21.8 Å². The molecule has 2 aliphatic heterocycles. The predicted octanol–water partition coefficient (Wildman–Crippen LogP) is 5.10. The molecule has 0 radical (unpaired) electrons. The lowest BCUT2D eigenvalue weighted by molar-refractivity contribution is 0.977. The van der Waals surface area contributed by atoms with E-state index >= 15 is 0 Å². The number of benzene rings is 1. The van der Waals surface area contributed by atoms with Crippen LogP contribution in [-0.2, 0) is 0 Å². The maximum Gasteiger partial charge on any atom is 0.0986 e. The maximum atomic E-state index is 4.75. The Morgan fingerprint density at radius 2 is 0.929 bits per heavy atom. The molecule has 0 fully saturated rings. The predicted molar refractivity (Wildman–Crippen MR) is 118 cm³/mol. The normalized spacial score (nSPS) is 17.7. The van der Waals surface area contributed by atoms with E-state index in [1.807, 2.05) is 12.4 Å². The number of hydrogen-bond acceptors (Lipinski definition) is 4. The summed E-state index contributed by atoms with van der Waals surface area (Å²) < 4.78 is 0. The first kappa shape index (κ1) is 17.2. The van der Waals surface area contributed by atoms with Crippen LogP contribution in [0.15, 0.2) is 59.0 Å². The molecule has 0 unspecified atom stereocenters. The second kappa shape index (κ2) is 6.33. The molecule has 5 rings (SSSR count). The second-order valence-electron chi connectivity index (χ2n) is 8.35. The third-order valence-electron chi connectivity index (χ3n) is 6.43. The van der Waals surface area contributed by atoms with Gasteiger partial charge in [-0.05, 0) is 52.0 Å². The van der Waals surface area contributed by atoms with Gasteiger partial charge in [-0.3, -0.25) is 9.97 Å². The van der Waals surface area contributed by atoms with Gasteiger partial charge in [-0.15, -0.1) is 0 Å². The monoisotopic (exact) mass is 370 g/mol. The molecule has 0 saturated heterocycles. The molecule has 0 bridgehead atoms. The van der Waals surface area contributed by atoms with Crippen molar-refractivity contribution in [2.24, 2.45) is 0 Å². The molecule has 0 spiro atoms.